The van der Waals surface area contributed by atoms with Crippen LogP contribution >= 0.6 is 0 Å². The summed E-state index contributed by atoms with van der Waals surface area (Å²) < 4.78 is 0. The number of rotatable bonds is 5. The molecule has 9 aromatic carbocycles. The predicted octanol–water partition coefficient (Wildman–Crippen LogP) is 14.3. The summed E-state index contributed by atoms with van der Waals surface area (Å²) in [7, 11) is 0. The van der Waals surface area contributed by atoms with E-state index in [4.69, 9.17) is 0 Å². The van der Waals surface area contributed by atoms with Gasteiger partial charge in [0.1, 0.15) is 0 Å². The highest BCUT2D eigenvalue weighted by molar-refractivity contribution is 6.10. The van der Waals surface area contributed by atoms with Crippen LogP contribution in [-0.2, 0) is 5.41 Å². The van der Waals surface area contributed by atoms with Gasteiger partial charge in [-0.3, -0.25) is 0 Å². The highest BCUT2D eigenvalue weighted by Gasteiger charge is 2.35. The van der Waals surface area contributed by atoms with Gasteiger partial charge in [-0.05, 0) is 119 Å². The largest absolute Gasteiger partial charge is 0.310 e. The Morgan fingerprint density at radius 1 is 0.327 bits per heavy atom. The van der Waals surface area contributed by atoms with Crippen LogP contribution in [0, 0.1) is 0 Å². The summed E-state index contributed by atoms with van der Waals surface area (Å²) >= 11 is 0. The van der Waals surface area contributed by atoms with E-state index in [1.807, 2.05) is 0 Å². The van der Waals surface area contributed by atoms with Gasteiger partial charge in [-0.2, -0.15) is 0 Å². The first-order valence-electron chi connectivity index (χ1n) is 18.2. The molecule has 0 aromatic heterocycles. The molecule has 0 aliphatic heterocycles. The zero-order valence-electron chi connectivity index (χ0n) is 29.3. The van der Waals surface area contributed by atoms with Crippen molar-refractivity contribution in [3.05, 3.63) is 199 Å². The van der Waals surface area contributed by atoms with E-state index in [-0.39, 0.29) is 5.41 Å². The Labute approximate surface area is 305 Å². The lowest BCUT2D eigenvalue weighted by molar-refractivity contribution is 0.660. The van der Waals surface area contributed by atoms with Gasteiger partial charge in [0.2, 0.25) is 0 Å². The second-order valence-corrected chi connectivity index (χ2v) is 14.6. The molecule has 0 unspecified atom stereocenters. The topological polar surface area (TPSA) is 3.24 Å². The maximum atomic E-state index is 2.44. The molecule has 0 amide bonds. The van der Waals surface area contributed by atoms with Crippen molar-refractivity contribution in [1.82, 2.24) is 0 Å². The van der Waals surface area contributed by atoms with Crippen molar-refractivity contribution in [3.63, 3.8) is 0 Å². The average molecular weight is 664 g/mol. The normalized spacial score (nSPS) is 13.0. The van der Waals surface area contributed by atoms with E-state index in [0.717, 1.165) is 17.1 Å². The van der Waals surface area contributed by atoms with Gasteiger partial charge in [0.15, 0.2) is 0 Å². The minimum atomic E-state index is -0.0980. The number of fused-ring (bicyclic) bond motifs is 7. The Bertz CT molecular complexity index is 2800. The third-order valence-corrected chi connectivity index (χ3v) is 11.2. The standard InChI is InChI=1S/C51H37N/c1-51(2)49-18-9-8-16-45(49)46-30-29-42(33-50(46)51)52(40-26-23-36(24-27-40)44-17-10-14-35-13-6-7-15-43(35)44)41-28-25-38-20-19-37-21-22-39(31-47(37)48(38)32-41)34-11-4-3-5-12-34/h3-33H,1-2H3. The van der Waals surface area contributed by atoms with Crippen molar-refractivity contribution in [2.75, 3.05) is 4.90 Å². The second-order valence-electron chi connectivity index (χ2n) is 14.6. The highest BCUT2D eigenvalue weighted by atomic mass is 15.1. The Kier molecular flexibility index (Phi) is 6.91. The molecule has 0 spiro atoms. The van der Waals surface area contributed by atoms with Crippen LogP contribution in [0.5, 0.6) is 0 Å². The monoisotopic (exact) mass is 663 g/mol. The first kappa shape index (κ1) is 30.4. The molecule has 0 radical (unpaired) electrons. The fourth-order valence-corrected chi connectivity index (χ4v) is 8.53. The molecule has 1 aliphatic carbocycles. The lowest BCUT2D eigenvalue weighted by Gasteiger charge is -2.28. The molecule has 1 nitrogen and oxygen atoms in total. The quantitative estimate of drug-likeness (QED) is 0.166. The smallest absolute Gasteiger partial charge is 0.0468 e. The summed E-state index contributed by atoms with van der Waals surface area (Å²) in [5.74, 6) is 0. The Morgan fingerprint density at radius 3 is 1.73 bits per heavy atom. The van der Waals surface area contributed by atoms with Gasteiger partial charge < -0.3 is 4.90 Å². The molecule has 0 atom stereocenters. The molecule has 1 heteroatoms. The molecule has 0 heterocycles. The molecule has 0 saturated carbocycles. The molecule has 0 fully saturated rings. The first-order valence-corrected chi connectivity index (χ1v) is 18.2. The predicted molar refractivity (Wildman–Crippen MR) is 222 cm³/mol. The van der Waals surface area contributed by atoms with Crippen LogP contribution in [0.1, 0.15) is 25.0 Å². The molecule has 1 aliphatic rings. The fraction of sp³-hybridized carbons (Fsp3) is 0.0588. The third-order valence-electron chi connectivity index (χ3n) is 11.2. The summed E-state index contributed by atoms with van der Waals surface area (Å²) in [6.07, 6.45) is 0. The summed E-state index contributed by atoms with van der Waals surface area (Å²) in [6, 6.07) is 69.3. The van der Waals surface area contributed by atoms with Crippen molar-refractivity contribution in [3.8, 4) is 33.4 Å². The summed E-state index contributed by atoms with van der Waals surface area (Å²) in [4.78, 5) is 2.44. The van der Waals surface area contributed by atoms with Crippen molar-refractivity contribution >= 4 is 49.4 Å². The van der Waals surface area contributed by atoms with E-state index >= 15 is 0 Å². The minimum Gasteiger partial charge on any atom is -0.310 e. The molecule has 9 aromatic rings. The summed E-state index contributed by atoms with van der Waals surface area (Å²) in [5, 5.41) is 7.51. The number of benzene rings is 9. The van der Waals surface area contributed by atoms with Crippen LogP contribution in [-0.4, -0.2) is 0 Å². The molecule has 0 bridgehead atoms. The van der Waals surface area contributed by atoms with Crippen LogP contribution in [0.25, 0.3) is 65.7 Å². The van der Waals surface area contributed by atoms with E-state index in [0.29, 0.717) is 0 Å². The summed E-state index contributed by atoms with van der Waals surface area (Å²) in [6.45, 7) is 4.72. The van der Waals surface area contributed by atoms with Gasteiger partial charge in [0.25, 0.3) is 0 Å². The maximum Gasteiger partial charge on any atom is 0.0468 e. The molecule has 52 heavy (non-hydrogen) atoms. The number of hydrogen-bond donors (Lipinski definition) is 0. The maximum absolute atomic E-state index is 2.44. The molecule has 0 N–H and O–H groups in total. The van der Waals surface area contributed by atoms with E-state index < -0.39 is 0 Å². The van der Waals surface area contributed by atoms with Gasteiger partial charge in [-0.25, -0.2) is 0 Å². The van der Waals surface area contributed by atoms with Gasteiger partial charge >= 0.3 is 0 Å². The number of hydrogen-bond acceptors (Lipinski definition) is 1. The molecule has 10 rings (SSSR count). The van der Waals surface area contributed by atoms with Gasteiger partial charge in [0.05, 0.1) is 0 Å². The van der Waals surface area contributed by atoms with Crippen LogP contribution in [0.3, 0.4) is 0 Å². The minimum absolute atomic E-state index is 0.0980. The number of anilines is 3. The van der Waals surface area contributed by atoms with Crippen LogP contribution in [0.4, 0.5) is 17.1 Å². The van der Waals surface area contributed by atoms with Crippen molar-refractivity contribution in [2.24, 2.45) is 0 Å². The Balaban J connectivity index is 1.16. The van der Waals surface area contributed by atoms with Crippen molar-refractivity contribution in [1.29, 1.82) is 0 Å². The highest BCUT2D eigenvalue weighted by Crippen LogP contribution is 2.51. The van der Waals surface area contributed by atoms with Gasteiger partial charge in [-0.1, -0.05) is 159 Å². The zero-order valence-corrected chi connectivity index (χ0v) is 29.3. The fourth-order valence-electron chi connectivity index (χ4n) is 8.53. The first-order chi connectivity index (χ1) is 25.5. The lowest BCUT2D eigenvalue weighted by Crippen LogP contribution is -2.16. The van der Waals surface area contributed by atoms with Gasteiger partial charge in [0, 0.05) is 22.5 Å². The van der Waals surface area contributed by atoms with Crippen LogP contribution in [0.2, 0.25) is 0 Å². The molecule has 0 saturated heterocycles. The third kappa shape index (κ3) is 4.85. The van der Waals surface area contributed by atoms with Gasteiger partial charge in [-0.15, -0.1) is 0 Å². The SMILES string of the molecule is CC1(C)c2ccccc2-c2ccc(N(c3ccc(-c4cccc5ccccc45)cc3)c3ccc4ccc5ccc(-c6ccccc6)cc5c4c3)cc21. The van der Waals surface area contributed by atoms with E-state index in [1.54, 1.807) is 0 Å². The lowest BCUT2D eigenvalue weighted by atomic mass is 9.82. The number of nitrogens with zero attached hydrogens (tertiary/aromatic N) is 1. The average Bonchev–Trinajstić information content (AvgIpc) is 3.43. The summed E-state index contributed by atoms with van der Waals surface area (Å²) in [5.41, 5.74) is 13.7. The zero-order chi connectivity index (χ0) is 34.8. The van der Waals surface area contributed by atoms with E-state index in [9.17, 15) is 0 Å². The van der Waals surface area contributed by atoms with Crippen molar-refractivity contribution in [2.45, 2.75) is 19.3 Å². The van der Waals surface area contributed by atoms with Crippen molar-refractivity contribution < 1.29 is 0 Å². The Hall–Kier alpha value is -6.44. The molecular formula is C51H37N. The molecule has 246 valence electrons. The second kappa shape index (κ2) is 11.8. The van der Waals surface area contributed by atoms with E-state index in [1.165, 1.54) is 76.8 Å². The van der Waals surface area contributed by atoms with Crippen LogP contribution < -0.4 is 4.90 Å². The molecular weight excluding hydrogens is 627 g/mol. The Morgan fingerprint density at radius 2 is 0.885 bits per heavy atom. The van der Waals surface area contributed by atoms with Crippen LogP contribution in [0.15, 0.2) is 188 Å². The van der Waals surface area contributed by atoms with E-state index in [2.05, 4.69) is 207 Å².